The summed E-state index contributed by atoms with van der Waals surface area (Å²) in [7, 11) is 0. The summed E-state index contributed by atoms with van der Waals surface area (Å²) in [6.07, 6.45) is 2.41. The number of halogens is 2. The Labute approximate surface area is 134 Å². The molecule has 0 atom stereocenters. The van der Waals surface area contributed by atoms with E-state index in [2.05, 4.69) is 5.32 Å². The van der Waals surface area contributed by atoms with Crippen molar-refractivity contribution in [2.24, 2.45) is 0 Å². The van der Waals surface area contributed by atoms with Gasteiger partial charge < -0.3 is 5.32 Å². The molecule has 4 heteroatoms. The number of carbonyl (C=O) groups is 1. The molecule has 2 aromatic rings. The van der Waals surface area contributed by atoms with Crippen LogP contribution in [0.3, 0.4) is 0 Å². The van der Waals surface area contributed by atoms with E-state index in [1.807, 2.05) is 24.3 Å². The second kappa shape index (κ2) is 6.09. The standard InChI is InChI=1S/C18H17ClFNO/c19-15-3-1-2-14(12-15)18(9-10-18)17(22)21-11-8-13-4-6-16(20)7-5-13/h1-7,12H,8-11H2,(H,21,22). The molecule has 2 aromatic carbocycles. The van der Waals surface area contributed by atoms with Crippen LogP contribution in [0.1, 0.15) is 24.0 Å². The molecule has 1 aliphatic carbocycles. The maximum atomic E-state index is 12.8. The highest BCUT2D eigenvalue weighted by molar-refractivity contribution is 6.30. The lowest BCUT2D eigenvalue weighted by Gasteiger charge is -2.16. The van der Waals surface area contributed by atoms with E-state index in [4.69, 9.17) is 11.6 Å². The molecule has 1 fully saturated rings. The van der Waals surface area contributed by atoms with Gasteiger partial charge in [-0.15, -0.1) is 0 Å². The summed E-state index contributed by atoms with van der Waals surface area (Å²) in [5, 5.41) is 3.65. The van der Waals surface area contributed by atoms with Crippen molar-refractivity contribution in [2.45, 2.75) is 24.7 Å². The lowest BCUT2D eigenvalue weighted by Crippen LogP contribution is -2.35. The van der Waals surface area contributed by atoms with Crippen molar-refractivity contribution in [3.63, 3.8) is 0 Å². The van der Waals surface area contributed by atoms with E-state index in [0.29, 0.717) is 18.0 Å². The predicted octanol–water partition coefficient (Wildman–Crippen LogP) is 3.87. The Bertz CT molecular complexity index is 680. The molecule has 2 nitrogen and oxygen atoms in total. The van der Waals surface area contributed by atoms with Gasteiger partial charge in [-0.1, -0.05) is 35.9 Å². The van der Waals surface area contributed by atoms with Crippen molar-refractivity contribution in [3.8, 4) is 0 Å². The van der Waals surface area contributed by atoms with Gasteiger partial charge in [-0.2, -0.15) is 0 Å². The van der Waals surface area contributed by atoms with Gasteiger partial charge in [0.15, 0.2) is 0 Å². The van der Waals surface area contributed by atoms with E-state index in [9.17, 15) is 9.18 Å². The monoisotopic (exact) mass is 317 g/mol. The molecule has 0 spiro atoms. The minimum Gasteiger partial charge on any atom is -0.355 e. The molecule has 0 aliphatic heterocycles. The van der Waals surface area contributed by atoms with Gasteiger partial charge in [-0.3, -0.25) is 4.79 Å². The van der Waals surface area contributed by atoms with Gasteiger partial charge in [0.1, 0.15) is 5.82 Å². The lowest BCUT2D eigenvalue weighted by atomic mass is 9.95. The average molecular weight is 318 g/mol. The van der Waals surface area contributed by atoms with Crippen LogP contribution >= 0.6 is 11.6 Å². The van der Waals surface area contributed by atoms with Crippen molar-refractivity contribution >= 4 is 17.5 Å². The molecule has 22 heavy (non-hydrogen) atoms. The Kier molecular flexibility index (Phi) is 4.16. The van der Waals surface area contributed by atoms with Crippen molar-refractivity contribution in [1.29, 1.82) is 0 Å². The topological polar surface area (TPSA) is 29.1 Å². The van der Waals surface area contributed by atoms with Gasteiger partial charge in [0.05, 0.1) is 5.41 Å². The van der Waals surface area contributed by atoms with Crippen LogP contribution in [0, 0.1) is 5.82 Å². The third-order valence-corrected chi connectivity index (χ3v) is 4.41. The lowest BCUT2D eigenvalue weighted by molar-refractivity contribution is -0.123. The van der Waals surface area contributed by atoms with Crippen LogP contribution in [0.2, 0.25) is 5.02 Å². The van der Waals surface area contributed by atoms with Crippen LogP contribution < -0.4 is 5.32 Å². The molecule has 0 aromatic heterocycles. The third kappa shape index (κ3) is 3.14. The zero-order chi connectivity index (χ0) is 15.6. The molecule has 3 rings (SSSR count). The summed E-state index contributed by atoms with van der Waals surface area (Å²) in [6.45, 7) is 0.548. The Balaban J connectivity index is 1.59. The van der Waals surface area contributed by atoms with E-state index < -0.39 is 5.41 Å². The zero-order valence-corrected chi connectivity index (χ0v) is 12.9. The summed E-state index contributed by atoms with van der Waals surface area (Å²) in [5.74, 6) is -0.192. The average Bonchev–Trinajstić information content (AvgIpc) is 3.31. The number of hydrogen-bond donors (Lipinski definition) is 1. The van der Waals surface area contributed by atoms with Crippen molar-refractivity contribution in [2.75, 3.05) is 6.54 Å². The van der Waals surface area contributed by atoms with Crippen LogP contribution in [0.25, 0.3) is 0 Å². The Morgan fingerprint density at radius 3 is 2.55 bits per heavy atom. The molecule has 1 aliphatic rings. The maximum absolute atomic E-state index is 12.8. The molecule has 1 amide bonds. The van der Waals surface area contributed by atoms with Crippen LogP contribution in [0.15, 0.2) is 48.5 Å². The van der Waals surface area contributed by atoms with Gasteiger partial charge in [0.2, 0.25) is 5.91 Å². The fourth-order valence-corrected chi connectivity index (χ4v) is 2.89. The first kappa shape index (κ1) is 15.0. The van der Waals surface area contributed by atoms with E-state index in [-0.39, 0.29) is 11.7 Å². The van der Waals surface area contributed by atoms with Crippen molar-refractivity contribution in [3.05, 3.63) is 70.5 Å². The third-order valence-electron chi connectivity index (χ3n) is 4.17. The second-order valence-electron chi connectivity index (χ2n) is 5.72. The molecule has 1 N–H and O–H groups in total. The summed E-state index contributed by atoms with van der Waals surface area (Å²) in [5.41, 5.74) is 1.59. The number of hydrogen-bond acceptors (Lipinski definition) is 1. The van der Waals surface area contributed by atoms with Gasteiger partial charge >= 0.3 is 0 Å². The summed E-state index contributed by atoms with van der Waals surface area (Å²) in [4.78, 5) is 12.5. The van der Waals surface area contributed by atoms with Crippen LogP contribution in [-0.2, 0) is 16.6 Å². The molecule has 114 valence electrons. The number of nitrogens with one attached hydrogen (secondary N) is 1. The first-order chi connectivity index (χ1) is 10.6. The van der Waals surface area contributed by atoms with E-state index in [1.54, 1.807) is 12.1 Å². The number of amides is 1. The molecule has 0 heterocycles. The smallest absolute Gasteiger partial charge is 0.230 e. The molecule has 0 saturated heterocycles. The normalized spacial score (nSPS) is 15.4. The SMILES string of the molecule is O=C(NCCc1ccc(F)cc1)C1(c2cccc(Cl)c2)CC1. The highest BCUT2D eigenvalue weighted by atomic mass is 35.5. The summed E-state index contributed by atoms with van der Waals surface area (Å²) >= 11 is 6.02. The number of carbonyl (C=O) groups excluding carboxylic acids is 1. The van der Waals surface area contributed by atoms with E-state index in [1.165, 1.54) is 12.1 Å². The Morgan fingerprint density at radius 2 is 1.91 bits per heavy atom. The first-order valence-electron chi connectivity index (χ1n) is 7.39. The number of rotatable bonds is 5. The number of benzene rings is 2. The van der Waals surface area contributed by atoms with Gasteiger partial charge in [-0.25, -0.2) is 4.39 Å². The largest absolute Gasteiger partial charge is 0.355 e. The quantitative estimate of drug-likeness (QED) is 0.891. The fourth-order valence-electron chi connectivity index (χ4n) is 2.70. The minimum atomic E-state index is -0.409. The Hall–Kier alpha value is -1.87. The predicted molar refractivity (Wildman–Crippen MR) is 85.5 cm³/mol. The van der Waals surface area contributed by atoms with E-state index >= 15 is 0 Å². The van der Waals surface area contributed by atoms with Crippen LogP contribution in [0.5, 0.6) is 0 Å². The van der Waals surface area contributed by atoms with Crippen molar-refractivity contribution < 1.29 is 9.18 Å². The fraction of sp³-hybridized carbons (Fsp3) is 0.278. The minimum absolute atomic E-state index is 0.0527. The summed E-state index contributed by atoms with van der Waals surface area (Å²) < 4.78 is 12.8. The molecular weight excluding hydrogens is 301 g/mol. The van der Waals surface area contributed by atoms with Crippen LogP contribution in [0.4, 0.5) is 4.39 Å². The van der Waals surface area contributed by atoms with Crippen molar-refractivity contribution in [1.82, 2.24) is 5.32 Å². The highest BCUT2D eigenvalue weighted by Gasteiger charge is 2.51. The van der Waals surface area contributed by atoms with Gasteiger partial charge in [-0.05, 0) is 54.7 Å². The molecular formula is C18H17ClFNO. The maximum Gasteiger partial charge on any atom is 0.230 e. The molecule has 0 bridgehead atoms. The van der Waals surface area contributed by atoms with Crippen LogP contribution in [-0.4, -0.2) is 12.5 Å². The zero-order valence-electron chi connectivity index (χ0n) is 12.1. The first-order valence-corrected chi connectivity index (χ1v) is 7.77. The van der Waals surface area contributed by atoms with E-state index in [0.717, 1.165) is 24.0 Å². The Morgan fingerprint density at radius 1 is 1.18 bits per heavy atom. The van der Waals surface area contributed by atoms with Gasteiger partial charge in [0, 0.05) is 11.6 Å². The molecule has 1 saturated carbocycles. The molecule has 0 radical (unpaired) electrons. The molecule has 0 unspecified atom stereocenters. The highest BCUT2D eigenvalue weighted by Crippen LogP contribution is 2.48. The van der Waals surface area contributed by atoms with Gasteiger partial charge in [0.25, 0.3) is 0 Å². The second-order valence-corrected chi connectivity index (χ2v) is 6.16. The summed E-state index contributed by atoms with van der Waals surface area (Å²) in [6, 6.07) is 13.9.